The van der Waals surface area contributed by atoms with Crippen LogP contribution in [0.3, 0.4) is 0 Å². The second-order valence-electron chi connectivity index (χ2n) is 5.88. The third kappa shape index (κ3) is 4.26. The van der Waals surface area contributed by atoms with Gasteiger partial charge in [0.15, 0.2) is 19.7 Å². The first-order valence-corrected chi connectivity index (χ1v) is 11.1. The van der Waals surface area contributed by atoms with Crippen LogP contribution in [0.5, 0.6) is 0 Å². The minimum Gasteiger partial charge on any atom is -0.311 e. The van der Waals surface area contributed by atoms with Gasteiger partial charge in [0.2, 0.25) is 0 Å². The number of nitrogens with zero attached hydrogens (tertiary/aromatic N) is 1. The number of hydrogen-bond acceptors (Lipinski definition) is 5. The molecule has 134 valence electrons. The SMILES string of the molecule is Cc1ccc(S(C)(=O)=O)cc1C(=O)N(C)c1ccc(S(C)(=O)=O)cc1. The van der Waals surface area contributed by atoms with Crippen molar-refractivity contribution in [2.45, 2.75) is 16.7 Å². The summed E-state index contributed by atoms with van der Waals surface area (Å²) >= 11 is 0. The lowest BCUT2D eigenvalue weighted by atomic mass is 10.1. The normalized spacial score (nSPS) is 12.0. The van der Waals surface area contributed by atoms with E-state index in [1.165, 1.54) is 41.3 Å². The number of amides is 1. The predicted molar refractivity (Wildman–Crippen MR) is 96.6 cm³/mol. The molecule has 0 saturated carbocycles. The summed E-state index contributed by atoms with van der Waals surface area (Å²) in [5, 5.41) is 0. The smallest absolute Gasteiger partial charge is 0.258 e. The van der Waals surface area contributed by atoms with E-state index in [1.807, 2.05) is 0 Å². The molecule has 2 rings (SSSR count). The van der Waals surface area contributed by atoms with Crippen LogP contribution < -0.4 is 4.90 Å². The van der Waals surface area contributed by atoms with Crippen LogP contribution >= 0.6 is 0 Å². The van der Waals surface area contributed by atoms with E-state index >= 15 is 0 Å². The van der Waals surface area contributed by atoms with Gasteiger partial charge < -0.3 is 4.90 Å². The van der Waals surface area contributed by atoms with E-state index in [0.717, 1.165) is 12.5 Å². The molecule has 0 saturated heterocycles. The van der Waals surface area contributed by atoms with E-state index in [0.29, 0.717) is 11.3 Å². The molecule has 25 heavy (non-hydrogen) atoms. The van der Waals surface area contributed by atoms with Crippen LogP contribution in [0, 0.1) is 6.92 Å². The van der Waals surface area contributed by atoms with Gasteiger partial charge in [0.25, 0.3) is 5.91 Å². The fourth-order valence-electron chi connectivity index (χ4n) is 2.28. The zero-order chi connectivity index (χ0) is 19.0. The molecule has 0 spiro atoms. The number of carbonyl (C=O) groups is 1. The van der Waals surface area contributed by atoms with Crippen molar-refractivity contribution < 1.29 is 21.6 Å². The number of anilines is 1. The van der Waals surface area contributed by atoms with Gasteiger partial charge in [0.1, 0.15) is 0 Å². The van der Waals surface area contributed by atoms with Gasteiger partial charge in [0.05, 0.1) is 9.79 Å². The van der Waals surface area contributed by atoms with Gasteiger partial charge in [-0.15, -0.1) is 0 Å². The number of aryl methyl sites for hydroxylation is 1. The summed E-state index contributed by atoms with van der Waals surface area (Å²) in [6.07, 6.45) is 2.19. The third-order valence-corrected chi connectivity index (χ3v) is 6.06. The number of benzene rings is 2. The molecule has 0 fully saturated rings. The standard InChI is InChI=1S/C17H19NO5S2/c1-12-5-8-15(25(4,22)23)11-16(12)17(19)18(2)13-6-9-14(10-7-13)24(3,20)21/h5-11H,1-4H3. The maximum Gasteiger partial charge on any atom is 0.258 e. The fourth-order valence-corrected chi connectivity index (χ4v) is 3.55. The average Bonchev–Trinajstić information content (AvgIpc) is 2.52. The van der Waals surface area contributed by atoms with Crippen LogP contribution in [-0.2, 0) is 19.7 Å². The Bertz CT molecular complexity index is 1020. The molecule has 0 unspecified atom stereocenters. The molecule has 0 bridgehead atoms. The van der Waals surface area contributed by atoms with E-state index in [2.05, 4.69) is 0 Å². The number of rotatable bonds is 4. The fraction of sp³-hybridized carbons (Fsp3) is 0.235. The summed E-state index contributed by atoms with van der Waals surface area (Å²) in [4.78, 5) is 14.3. The summed E-state index contributed by atoms with van der Waals surface area (Å²) in [6.45, 7) is 1.72. The Labute approximate surface area is 147 Å². The Kier molecular flexibility index (Phi) is 5.06. The minimum absolute atomic E-state index is 0.0716. The molecule has 0 aliphatic heterocycles. The van der Waals surface area contributed by atoms with Crippen molar-refractivity contribution in [3.05, 3.63) is 53.6 Å². The van der Waals surface area contributed by atoms with Gasteiger partial charge in [-0.1, -0.05) is 6.07 Å². The first-order chi connectivity index (χ1) is 11.4. The first-order valence-electron chi connectivity index (χ1n) is 7.30. The van der Waals surface area contributed by atoms with E-state index in [1.54, 1.807) is 20.0 Å². The van der Waals surface area contributed by atoms with Crippen molar-refractivity contribution in [2.75, 3.05) is 24.5 Å². The van der Waals surface area contributed by atoms with Crippen LogP contribution in [0.2, 0.25) is 0 Å². The molecule has 1 amide bonds. The van der Waals surface area contributed by atoms with Gasteiger partial charge in [0, 0.05) is 30.8 Å². The van der Waals surface area contributed by atoms with Gasteiger partial charge in [-0.3, -0.25) is 4.79 Å². The summed E-state index contributed by atoms with van der Waals surface area (Å²) in [5.74, 6) is -0.380. The summed E-state index contributed by atoms with van der Waals surface area (Å²) in [6, 6.07) is 10.3. The van der Waals surface area contributed by atoms with Crippen LogP contribution in [0.25, 0.3) is 0 Å². The van der Waals surface area contributed by atoms with Gasteiger partial charge in [-0.05, 0) is 48.9 Å². The Hall–Kier alpha value is -2.19. The molecular formula is C17H19NO5S2. The van der Waals surface area contributed by atoms with E-state index in [-0.39, 0.29) is 21.3 Å². The Balaban J connectivity index is 2.41. The molecule has 0 aromatic heterocycles. The van der Waals surface area contributed by atoms with Crippen molar-refractivity contribution in [1.82, 2.24) is 0 Å². The zero-order valence-corrected chi connectivity index (χ0v) is 16.0. The van der Waals surface area contributed by atoms with Crippen molar-refractivity contribution >= 4 is 31.3 Å². The highest BCUT2D eigenvalue weighted by molar-refractivity contribution is 7.91. The van der Waals surface area contributed by atoms with Crippen LogP contribution in [0.4, 0.5) is 5.69 Å². The molecule has 0 heterocycles. The molecule has 0 aliphatic carbocycles. The van der Waals surface area contributed by atoms with Gasteiger partial charge in [-0.2, -0.15) is 0 Å². The predicted octanol–water partition coefficient (Wildman–Crippen LogP) is 2.08. The quantitative estimate of drug-likeness (QED) is 0.809. The third-order valence-electron chi connectivity index (χ3n) is 3.82. The van der Waals surface area contributed by atoms with E-state index < -0.39 is 19.7 Å². The second-order valence-corrected chi connectivity index (χ2v) is 9.91. The highest BCUT2D eigenvalue weighted by Gasteiger charge is 2.19. The van der Waals surface area contributed by atoms with Crippen LogP contribution in [0.15, 0.2) is 52.3 Å². The number of sulfone groups is 2. The Morgan fingerprint density at radius 3 is 1.80 bits per heavy atom. The largest absolute Gasteiger partial charge is 0.311 e. The molecule has 2 aromatic carbocycles. The Morgan fingerprint density at radius 1 is 0.840 bits per heavy atom. The lowest BCUT2D eigenvalue weighted by molar-refractivity contribution is 0.0992. The number of hydrogen-bond donors (Lipinski definition) is 0. The molecule has 8 heteroatoms. The van der Waals surface area contributed by atoms with E-state index in [9.17, 15) is 21.6 Å². The van der Waals surface area contributed by atoms with E-state index in [4.69, 9.17) is 0 Å². The lowest BCUT2D eigenvalue weighted by Crippen LogP contribution is -2.27. The van der Waals surface area contributed by atoms with Crippen LogP contribution in [0.1, 0.15) is 15.9 Å². The molecule has 0 radical (unpaired) electrons. The van der Waals surface area contributed by atoms with Crippen molar-refractivity contribution in [1.29, 1.82) is 0 Å². The van der Waals surface area contributed by atoms with Crippen LogP contribution in [-0.4, -0.2) is 42.3 Å². The maximum atomic E-state index is 12.7. The zero-order valence-electron chi connectivity index (χ0n) is 14.3. The molecule has 6 nitrogen and oxygen atoms in total. The summed E-state index contributed by atoms with van der Waals surface area (Å²) < 4.78 is 46.4. The average molecular weight is 381 g/mol. The lowest BCUT2D eigenvalue weighted by Gasteiger charge is -2.19. The molecule has 0 N–H and O–H groups in total. The highest BCUT2D eigenvalue weighted by atomic mass is 32.2. The highest BCUT2D eigenvalue weighted by Crippen LogP contribution is 2.22. The molecule has 0 aliphatic rings. The Morgan fingerprint density at radius 2 is 1.32 bits per heavy atom. The molecule has 0 atom stereocenters. The van der Waals surface area contributed by atoms with Crippen molar-refractivity contribution in [3.63, 3.8) is 0 Å². The number of carbonyl (C=O) groups excluding carboxylic acids is 1. The second kappa shape index (κ2) is 6.61. The molecule has 2 aromatic rings. The first kappa shape index (κ1) is 19.1. The van der Waals surface area contributed by atoms with Crippen molar-refractivity contribution in [3.8, 4) is 0 Å². The summed E-state index contributed by atoms with van der Waals surface area (Å²) in [7, 11) is -5.20. The minimum atomic E-state index is -3.43. The van der Waals surface area contributed by atoms with Crippen molar-refractivity contribution in [2.24, 2.45) is 0 Å². The van der Waals surface area contributed by atoms with Gasteiger partial charge >= 0.3 is 0 Å². The van der Waals surface area contributed by atoms with Gasteiger partial charge in [-0.25, -0.2) is 16.8 Å². The summed E-state index contributed by atoms with van der Waals surface area (Å²) in [5.41, 5.74) is 1.43. The maximum absolute atomic E-state index is 12.7. The topological polar surface area (TPSA) is 88.6 Å². The molecular weight excluding hydrogens is 362 g/mol. The monoisotopic (exact) mass is 381 g/mol.